The zero-order valence-electron chi connectivity index (χ0n) is 32.9. The topological polar surface area (TPSA) is 188 Å². The summed E-state index contributed by atoms with van der Waals surface area (Å²) in [4.78, 5) is 0. The molecule has 1 saturated heterocycles. The van der Waals surface area contributed by atoms with Crippen LogP contribution in [0.5, 0.6) is 0 Å². The molecule has 0 aromatic heterocycles. The third kappa shape index (κ3) is 111. The molecule has 1 heterocycles. The minimum absolute atomic E-state index is 0. The number of aliphatic hydroxyl groups is 7. The smallest absolute Gasteiger partial charge is 0.163 e. The molecule has 0 amide bonds. The van der Waals surface area contributed by atoms with Gasteiger partial charge in [0.05, 0.1) is 57.5 Å². The standard InChI is InChI=1S/C9H18O4.C9H20O2.C7H16O3.C6H14O3.C5H12.23CH4/c1-4-12-9-5(2)7(10)8(11)6(3)13-9;1-4-6-7-9(3,10)8-11-5-2;1-3-10-6-7(2,4-8)5-9;1-3-9-5-6(2,8)4-7;1-3-5-4-2;;;;;;;;;;;;;;;;;;;;;;;/h5-11H,4H2,1-3H3;10H,4-8H2,1-3H3;8-9H,3-6H2,1-2H3;7-8H,3-5H2,1-2H3;3-5H2,1-2H3;23*1H4. The van der Waals surface area contributed by atoms with Crippen molar-refractivity contribution >= 4 is 0 Å². The molecule has 1 fully saturated rings. The minimum atomic E-state index is -1.07. The molecular weight excluding hydrogens is 901 g/mol. The highest BCUT2D eigenvalue weighted by Gasteiger charge is 2.40. The number of hydrogen-bond donors (Lipinski definition) is 7. The normalized spacial score (nSPS) is 15.5. The highest BCUT2D eigenvalue weighted by molar-refractivity contribution is 4.84. The van der Waals surface area contributed by atoms with Crippen molar-refractivity contribution in [1.82, 2.24) is 0 Å². The molecule has 1 rings (SSSR count). The third-order valence-corrected chi connectivity index (χ3v) is 7.25. The quantitative estimate of drug-likeness (QED) is 0.0650. The van der Waals surface area contributed by atoms with Gasteiger partial charge in [-0.25, -0.2) is 0 Å². The van der Waals surface area contributed by atoms with Gasteiger partial charge in [0.2, 0.25) is 0 Å². The summed E-state index contributed by atoms with van der Waals surface area (Å²) in [7, 11) is 0. The van der Waals surface area contributed by atoms with Crippen LogP contribution in [0.1, 0.15) is 292 Å². The van der Waals surface area contributed by atoms with Crippen LogP contribution in [0, 0.1) is 11.3 Å². The van der Waals surface area contributed by atoms with Crippen molar-refractivity contribution in [2.24, 2.45) is 11.3 Å². The maximum Gasteiger partial charge on any atom is 0.163 e. The summed E-state index contributed by atoms with van der Waals surface area (Å²) in [6.07, 6.45) is 4.76. The first kappa shape index (κ1) is 180. The summed E-state index contributed by atoms with van der Waals surface area (Å²) < 4.78 is 25.8. The van der Waals surface area contributed by atoms with Crippen molar-refractivity contribution in [2.75, 3.05) is 66.1 Å². The van der Waals surface area contributed by atoms with Crippen LogP contribution < -0.4 is 0 Å². The zero-order valence-corrected chi connectivity index (χ0v) is 32.9. The Kier molecular flexibility index (Phi) is 289. The molecule has 0 aromatic rings. The molecule has 0 saturated carbocycles. The van der Waals surface area contributed by atoms with Gasteiger partial charge >= 0.3 is 0 Å². The number of aliphatic hydroxyl groups excluding tert-OH is 5. The van der Waals surface area contributed by atoms with Gasteiger partial charge in [0.25, 0.3) is 0 Å². The van der Waals surface area contributed by atoms with Crippen LogP contribution >= 0.6 is 0 Å². The van der Waals surface area contributed by atoms with Gasteiger partial charge in [0.1, 0.15) is 11.7 Å². The Morgan fingerprint density at radius 3 is 0.944 bits per heavy atom. The van der Waals surface area contributed by atoms with E-state index in [4.69, 9.17) is 44.1 Å². The van der Waals surface area contributed by atoms with E-state index in [-0.39, 0.29) is 209 Å². The fourth-order valence-electron chi connectivity index (χ4n) is 3.68. The SMILES string of the molecule is C.C.C.C.C.C.C.C.C.C.C.C.C.C.C.C.C.C.C.C.C.C.C.CCCCC.CCCCC(C)(O)COCC.CCOC1OC(C)C(O)C(O)C1C.CCOCC(C)(CO)CO.CCOCC(C)(O)CO. The van der Waals surface area contributed by atoms with Crippen molar-refractivity contribution in [3.8, 4) is 0 Å². The summed E-state index contributed by atoms with van der Waals surface area (Å²) >= 11 is 0. The van der Waals surface area contributed by atoms with Crippen LogP contribution in [-0.4, -0.2) is 138 Å². The molecule has 0 aromatic carbocycles. The fourth-order valence-corrected chi connectivity index (χ4v) is 3.68. The van der Waals surface area contributed by atoms with Gasteiger partial charge in [-0.15, -0.1) is 0 Å². The Bertz CT molecular complexity index is 642. The second kappa shape index (κ2) is 114. The molecule has 71 heavy (non-hydrogen) atoms. The van der Waals surface area contributed by atoms with Gasteiger partial charge in [-0.3, -0.25) is 0 Å². The van der Waals surface area contributed by atoms with E-state index < -0.39 is 35.1 Å². The van der Waals surface area contributed by atoms with Gasteiger partial charge in [-0.05, 0) is 54.9 Å². The van der Waals surface area contributed by atoms with E-state index >= 15 is 0 Å². The van der Waals surface area contributed by atoms with Crippen molar-refractivity contribution in [1.29, 1.82) is 0 Å². The Labute approximate surface area is 463 Å². The molecular formula is C59H172O12. The molecule has 7 unspecified atom stereocenters. The van der Waals surface area contributed by atoms with E-state index in [1.165, 1.54) is 26.2 Å². The molecule has 480 valence electrons. The van der Waals surface area contributed by atoms with E-state index in [9.17, 15) is 15.3 Å². The Hall–Kier alpha value is -0.480. The molecule has 0 aliphatic carbocycles. The van der Waals surface area contributed by atoms with Gasteiger partial charge in [-0.2, -0.15) is 0 Å². The predicted octanol–water partition coefficient (Wildman–Crippen LogP) is 18.7. The first-order valence-corrected chi connectivity index (χ1v) is 18.1. The Balaban J connectivity index is -0.0000000128. The molecule has 1 aliphatic rings. The maximum atomic E-state index is 9.65. The lowest BCUT2D eigenvalue weighted by atomic mass is 9.93. The molecule has 0 spiro atoms. The first-order valence-electron chi connectivity index (χ1n) is 18.1. The highest BCUT2D eigenvalue weighted by atomic mass is 16.7. The first-order chi connectivity index (χ1) is 22.4. The molecule has 1 aliphatic heterocycles. The van der Waals surface area contributed by atoms with Gasteiger partial charge in [0, 0.05) is 37.8 Å². The van der Waals surface area contributed by atoms with E-state index in [1.54, 1.807) is 20.8 Å². The van der Waals surface area contributed by atoms with Crippen LogP contribution in [0.4, 0.5) is 0 Å². The maximum absolute atomic E-state index is 9.65. The largest absolute Gasteiger partial charge is 0.396 e. The molecule has 0 bridgehead atoms. The van der Waals surface area contributed by atoms with Crippen LogP contribution in [0.2, 0.25) is 0 Å². The number of rotatable bonds is 19. The van der Waals surface area contributed by atoms with E-state index in [1.807, 2.05) is 34.6 Å². The molecule has 12 heteroatoms. The lowest BCUT2D eigenvalue weighted by molar-refractivity contribution is -0.271. The van der Waals surface area contributed by atoms with Crippen molar-refractivity contribution in [2.45, 2.75) is 328 Å². The summed E-state index contributed by atoms with van der Waals surface area (Å²) in [6.45, 7) is 25.9. The monoisotopic (exact) mass is 1070 g/mol. The van der Waals surface area contributed by atoms with Crippen LogP contribution in [0.3, 0.4) is 0 Å². The molecule has 0 radical (unpaired) electrons. The highest BCUT2D eigenvalue weighted by Crippen LogP contribution is 2.26. The van der Waals surface area contributed by atoms with Crippen molar-refractivity contribution in [3.05, 3.63) is 0 Å². The Morgan fingerprint density at radius 2 is 0.704 bits per heavy atom. The summed E-state index contributed by atoms with van der Waals surface area (Å²) in [5.41, 5.74) is -2.17. The molecule has 12 nitrogen and oxygen atoms in total. The second-order valence-corrected chi connectivity index (χ2v) is 13.2. The summed E-state index contributed by atoms with van der Waals surface area (Å²) in [5.74, 6) is -0.189. The Morgan fingerprint density at radius 1 is 0.408 bits per heavy atom. The fraction of sp³-hybridized carbons (Fsp3) is 1.00. The van der Waals surface area contributed by atoms with Crippen molar-refractivity contribution in [3.63, 3.8) is 0 Å². The van der Waals surface area contributed by atoms with Gasteiger partial charge < -0.3 is 59.4 Å². The second-order valence-electron chi connectivity index (χ2n) is 13.2. The predicted molar refractivity (Wildman–Crippen MR) is 347 cm³/mol. The number of unbranched alkanes of at least 4 members (excludes halogenated alkanes) is 3. The lowest BCUT2D eigenvalue weighted by Gasteiger charge is -2.39. The summed E-state index contributed by atoms with van der Waals surface area (Å²) in [6, 6.07) is 0. The van der Waals surface area contributed by atoms with Crippen LogP contribution in [-0.2, 0) is 23.7 Å². The molecule has 7 N–H and O–H groups in total. The van der Waals surface area contributed by atoms with E-state index in [0.29, 0.717) is 39.6 Å². The number of hydrogen-bond acceptors (Lipinski definition) is 12. The lowest BCUT2D eigenvalue weighted by Crippen LogP contribution is -2.53. The average molecular weight is 1070 g/mol. The van der Waals surface area contributed by atoms with Gasteiger partial charge in [-0.1, -0.05) is 238 Å². The summed E-state index contributed by atoms with van der Waals surface area (Å²) in [5, 5.41) is 63.8. The van der Waals surface area contributed by atoms with E-state index in [0.717, 1.165) is 19.3 Å². The molecule has 7 atom stereocenters. The minimum Gasteiger partial charge on any atom is -0.396 e. The van der Waals surface area contributed by atoms with Gasteiger partial charge in [0.15, 0.2) is 6.29 Å². The van der Waals surface area contributed by atoms with Crippen LogP contribution in [0.25, 0.3) is 0 Å². The third-order valence-electron chi connectivity index (χ3n) is 7.25. The van der Waals surface area contributed by atoms with Crippen molar-refractivity contribution < 1.29 is 59.4 Å². The average Bonchev–Trinajstić information content (AvgIpc) is 3.07. The zero-order chi connectivity index (χ0) is 38.2. The van der Waals surface area contributed by atoms with E-state index in [2.05, 4.69) is 20.8 Å². The number of ether oxygens (including phenoxy) is 5. The van der Waals surface area contributed by atoms with Crippen LogP contribution in [0.15, 0.2) is 0 Å².